The number of thiophene rings is 1. The highest BCUT2D eigenvalue weighted by molar-refractivity contribution is 9.10. The van der Waals surface area contributed by atoms with Gasteiger partial charge in [0, 0.05) is 4.47 Å². The largest absolute Gasteiger partial charge is 0.488 e. The summed E-state index contributed by atoms with van der Waals surface area (Å²) in [5.41, 5.74) is 7.56. The quantitative estimate of drug-likeness (QED) is 0.869. The summed E-state index contributed by atoms with van der Waals surface area (Å²) in [7, 11) is 0. The average molecular weight is 328 g/mol. The summed E-state index contributed by atoms with van der Waals surface area (Å²) in [5, 5.41) is 4.08. The Morgan fingerprint density at radius 3 is 2.88 bits per heavy atom. The third-order valence-electron chi connectivity index (χ3n) is 2.18. The van der Waals surface area contributed by atoms with Gasteiger partial charge in [0.1, 0.15) is 17.3 Å². The van der Waals surface area contributed by atoms with Gasteiger partial charge in [0.25, 0.3) is 0 Å². The second kappa shape index (κ2) is 5.62. The second-order valence-electron chi connectivity index (χ2n) is 3.43. The molecule has 1 aromatic carbocycles. The van der Waals surface area contributed by atoms with Crippen LogP contribution in [0.15, 0.2) is 39.5 Å². The maximum Gasteiger partial charge on any atom is 0.130 e. The molecular weight excluding hydrogens is 318 g/mol. The zero-order valence-electron chi connectivity index (χ0n) is 8.85. The first-order valence-corrected chi connectivity index (χ1v) is 7.04. The number of halogens is 1. The normalized spacial score (nSPS) is 10.2. The van der Waals surface area contributed by atoms with E-state index >= 15 is 0 Å². The van der Waals surface area contributed by atoms with Crippen molar-refractivity contribution in [3.05, 3.63) is 50.6 Å². The molecule has 0 atom stereocenters. The maximum atomic E-state index is 5.72. The minimum Gasteiger partial charge on any atom is -0.488 e. The molecule has 0 fully saturated rings. The Kier molecular flexibility index (Phi) is 4.15. The molecule has 88 valence electrons. The zero-order valence-corrected chi connectivity index (χ0v) is 12.1. The molecule has 2 rings (SSSR count). The van der Waals surface area contributed by atoms with E-state index in [4.69, 9.17) is 22.7 Å². The van der Waals surface area contributed by atoms with Crippen LogP contribution in [-0.2, 0) is 6.61 Å². The van der Waals surface area contributed by atoms with E-state index in [1.165, 1.54) is 0 Å². The fraction of sp³-hybridized carbons (Fsp3) is 0.0833. The van der Waals surface area contributed by atoms with E-state index in [-0.39, 0.29) is 0 Å². The van der Waals surface area contributed by atoms with E-state index < -0.39 is 0 Å². The van der Waals surface area contributed by atoms with Crippen molar-refractivity contribution in [3.8, 4) is 5.75 Å². The van der Waals surface area contributed by atoms with E-state index in [0.29, 0.717) is 17.3 Å². The van der Waals surface area contributed by atoms with Gasteiger partial charge in [-0.15, -0.1) is 0 Å². The Morgan fingerprint density at radius 1 is 1.41 bits per heavy atom. The molecule has 0 saturated heterocycles. The van der Waals surface area contributed by atoms with Gasteiger partial charge in [-0.3, -0.25) is 0 Å². The maximum absolute atomic E-state index is 5.72. The topological polar surface area (TPSA) is 35.2 Å². The number of hydrogen-bond donors (Lipinski definition) is 1. The lowest BCUT2D eigenvalue weighted by atomic mass is 10.2. The van der Waals surface area contributed by atoms with Crippen LogP contribution < -0.4 is 10.5 Å². The predicted molar refractivity (Wildman–Crippen MR) is 78.7 cm³/mol. The molecule has 17 heavy (non-hydrogen) atoms. The fourth-order valence-corrected chi connectivity index (χ4v) is 2.53. The Bertz CT molecular complexity index is 525. The lowest BCUT2D eigenvalue weighted by Crippen LogP contribution is -2.11. The number of rotatable bonds is 4. The van der Waals surface area contributed by atoms with Crippen molar-refractivity contribution in [2.24, 2.45) is 5.73 Å². The van der Waals surface area contributed by atoms with Crippen LogP contribution in [0.2, 0.25) is 0 Å². The van der Waals surface area contributed by atoms with Crippen LogP contribution in [0.25, 0.3) is 0 Å². The molecule has 1 heterocycles. The number of thiocarbonyl (C=S) groups is 1. The fourth-order valence-electron chi connectivity index (χ4n) is 1.36. The molecular formula is C12H10BrNOS2. The summed E-state index contributed by atoms with van der Waals surface area (Å²) in [6, 6.07) is 7.67. The van der Waals surface area contributed by atoms with Crippen LogP contribution in [0.5, 0.6) is 5.75 Å². The first-order valence-electron chi connectivity index (χ1n) is 4.90. The molecule has 0 bridgehead atoms. The Hall–Kier alpha value is -0.910. The summed E-state index contributed by atoms with van der Waals surface area (Å²) in [6.07, 6.45) is 0. The van der Waals surface area contributed by atoms with Gasteiger partial charge in [-0.25, -0.2) is 0 Å². The van der Waals surface area contributed by atoms with Crippen LogP contribution in [-0.4, -0.2) is 4.99 Å². The van der Waals surface area contributed by atoms with Gasteiger partial charge in [-0.2, -0.15) is 11.3 Å². The van der Waals surface area contributed by atoms with E-state index in [1.807, 2.05) is 29.6 Å². The summed E-state index contributed by atoms with van der Waals surface area (Å²) < 4.78 is 6.65. The molecule has 0 spiro atoms. The second-order valence-corrected chi connectivity index (χ2v) is 5.56. The van der Waals surface area contributed by atoms with Crippen molar-refractivity contribution >= 4 is 44.5 Å². The SMILES string of the molecule is NC(=S)c1cc(Br)ccc1OCc1ccsc1. The molecule has 0 saturated carbocycles. The van der Waals surface area contributed by atoms with Gasteiger partial charge in [0.05, 0.1) is 5.56 Å². The molecule has 0 aliphatic carbocycles. The van der Waals surface area contributed by atoms with Gasteiger partial charge >= 0.3 is 0 Å². The van der Waals surface area contributed by atoms with Crippen LogP contribution >= 0.6 is 39.5 Å². The Labute approximate surface area is 118 Å². The first kappa shape index (κ1) is 12.5. The van der Waals surface area contributed by atoms with Crippen molar-refractivity contribution in [1.82, 2.24) is 0 Å². The molecule has 0 unspecified atom stereocenters. The monoisotopic (exact) mass is 327 g/mol. The molecule has 2 nitrogen and oxygen atoms in total. The highest BCUT2D eigenvalue weighted by Crippen LogP contribution is 2.24. The predicted octanol–water partition coefficient (Wildman–Crippen LogP) is 3.72. The average Bonchev–Trinajstić information content (AvgIpc) is 2.80. The summed E-state index contributed by atoms with van der Waals surface area (Å²) in [5.74, 6) is 0.715. The first-order chi connectivity index (χ1) is 8.16. The molecule has 0 aliphatic heterocycles. The van der Waals surface area contributed by atoms with E-state index in [9.17, 15) is 0 Å². The van der Waals surface area contributed by atoms with Gasteiger partial charge in [0.15, 0.2) is 0 Å². The molecule has 0 aliphatic rings. The number of nitrogens with two attached hydrogens (primary N) is 1. The van der Waals surface area contributed by atoms with Crippen molar-refractivity contribution in [1.29, 1.82) is 0 Å². The third-order valence-corrected chi connectivity index (χ3v) is 3.63. The van der Waals surface area contributed by atoms with Gasteiger partial charge in [0.2, 0.25) is 0 Å². The highest BCUT2D eigenvalue weighted by Gasteiger charge is 2.07. The van der Waals surface area contributed by atoms with Crippen molar-refractivity contribution in [2.75, 3.05) is 0 Å². The van der Waals surface area contributed by atoms with E-state index in [0.717, 1.165) is 15.6 Å². The molecule has 0 radical (unpaired) electrons. The standard InChI is InChI=1S/C12H10BrNOS2/c13-9-1-2-11(10(5-9)12(14)16)15-6-8-3-4-17-7-8/h1-5,7H,6H2,(H2,14,16). The van der Waals surface area contributed by atoms with Gasteiger partial charge in [-0.1, -0.05) is 28.1 Å². The number of hydrogen-bond acceptors (Lipinski definition) is 3. The Balaban J connectivity index is 2.17. The van der Waals surface area contributed by atoms with Gasteiger partial charge in [-0.05, 0) is 40.6 Å². The number of benzene rings is 1. The number of ether oxygens (including phenoxy) is 1. The lowest BCUT2D eigenvalue weighted by molar-refractivity contribution is 0.306. The highest BCUT2D eigenvalue weighted by atomic mass is 79.9. The summed E-state index contributed by atoms with van der Waals surface area (Å²) >= 11 is 10.0. The molecule has 1 aromatic heterocycles. The zero-order chi connectivity index (χ0) is 12.3. The van der Waals surface area contributed by atoms with Crippen LogP contribution in [0, 0.1) is 0 Å². The molecule has 5 heteroatoms. The minimum atomic E-state index is 0.339. The van der Waals surface area contributed by atoms with Crippen molar-refractivity contribution in [3.63, 3.8) is 0 Å². The molecule has 2 aromatic rings. The third kappa shape index (κ3) is 3.28. The van der Waals surface area contributed by atoms with Crippen LogP contribution in [0.4, 0.5) is 0 Å². The smallest absolute Gasteiger partial charge is 0.130 e. The van der Waals surface area contributed by atoms with Crippen LogP contribution in [0.1, 0.15) is 11.1 Å². The Morgan fingerprint density at radius 2 is 2.24 bits per heavy atom. The molecule has 2 N–H and O–H groups in total. The summed E-state index contributed by atoms with van der Waals surface area (Å²) in [6.45, 7) is 0.529. The minimum absolute atomic E-state index is 0.339. The molecule has 0 amide bonds. The van der Waals surface area contributed by atoms with E-state index in [1.54, 1.807) is 11.3 Å². The van der Waals surface area contributed by atoms with Crippen molar-refractivity contribution < 1.29 is 4.74 Å². The van der Waals surface area contributed by atoms with Gasteiger partial charge < -0.3 is 10.5 Å². The van der Waals surface area contributed by atoms with Crippen molar-refractivity contribution in [2.45, 2.75) is 6.61 Å². The lowest BCUT2D eigenvalue weighted by Gasteiger charge is -2.10. The summed E-state index contributed by atoms with van der Waals surface area (Å²) in [4.78, 5) is 0.339. The van der Waals surface area contributed by atoms with Crippen LogP contribution in [0.3, 0.4) is 0 Å². The van der Waals surface area contributed by atoms with E-state index in [2.05, 4.69) is 21.3 Å².